The standard InChI is InChI=1S/C25H53N.C16H35O4P/c1-4-7-10-13-16-19-22-25(26,23-20-17-14-11-8-5-2)24-21-18-15-12-9-6-3;1-5-9-11-15(7-3)13-19-21(17,18)20-14-16(8-4)12-10-6-2/h4-24,26H2,1-3H3;15-16H,5-14H2,1-4H3,(H,17,18). The van der Waals surface area contributed by atoms with Crippen LogP contribution in [0.25, 0.3) is 0 Å². The van der Waals surface area contributed by atoms with E-state index in [4.69, 9.17) is 14.8 Å². The summed E-state index contributed by atoms with van der Waals surface area (Å²) >= 11 is 0. The highest BCUT2D eigenvalue weighted by Crippen LogP contribution is 2.44. The first-order chi connectivity index (χ1) is 22.7. The van der Waals surface area contributed by atoms with Gasteiger partial charge in [-0.15, -0.1) is 0 Å². The van der Waals surface area contributed by atoms with E-state index in [2.05, 4.69) is 48.5 Å². The Labute approximate surface area is 296 Å². The van der Waals surface area contributed by atoms with Gasteiger partial charge in [-0.2, -0.15) is 0 Å². The fraction of sp³-hybridized carbons (Fsp3) is 1.00. The van der Waals surface area contributed by atoms with Crippen LogP contribution in [0.4, 0.5) is 0 Å². The van der Waals surface area contributed by atoms with Crippen LogP contribution in [0.1, 0.15) is 235 Å². The summed E-state index contributed by atoms with van der Waals surface area (Å²) in [6, 6.07) is 0. The normalized spacial score (nSPS) is 14.4. The highest BCUT2D eigenvalue weighted by Gasteiger charge is 2.25. The maximum absolute atomic E-state index is 11.9. The van der Waals surface area contributed by atoms with E-state index in [1.807, 2.05) is 0 Å². The Balaban J connectivity index is 0. The Kier molecular flexibility index (Phi) is 37.5. The van der Waals surface area contributed by atoms with Gasteiger partial charge in [-0.3, -0.25) is 9.05 Å². The number of hydrogen-bond donors (Lipinski definition) is 2. The second-order valence-electron chi connectivity index (χ2n) is 14.8. The maximum atomic E-state index is 11.9. The van der Waals surface area contributed by atoms with Crippen LogP contribution in [-0.2, 0) is 13.6 Å². The van der Waals surface area contributed by atoms with E-state index in [0.717, 1.165) is 51.4 Å². The van der Waals surface area contributed by atoms with Gasteiger partial charge >= 0.3 is 7.82 Å². The van der Waals surface area contributed by atoms with Gasteiger partial charge in [0.25, 0.3) is 0 Å². The van der Waals surface area contributed by atoms with E-state index in [1.54, 1.807) is 0 Å². The molecule has 0 radical (unpaired) electrons. The van der Waals surface area contributed by atoms with E-state index >= 15 is 0 Å². The second kappa shape index (κ2) is 35.9. The third kappa shape index (κ3) is 34.3. The second-order valence-corrected chi connectivity index (χ2v) is 16.3. The molecule has 0 aliphatic rings. The summed E-state index contributed by atoms with van der Waals surface area (Å²) in [6.45, 7) is 16.0. The number of unbranched alkanes of at least 4 members (excludes halogenated alkanes) is 17. The van der Waals surface area contributed by atoms with Crippen molar-refractivity contribution in [1.29, 1.82) is 0 Å². The average Bonchev–Trinajstić information content (AvgIpc) is 3.06. The molecule has 286 valence electrons. The predicted molar refractivity (Wildman–Crippen MR) is 209 cm³/mol. The van der Waals surface area contributed by atoms with Crippen molar-refractivity contribution in [2.24, 2.45) is 17.6 Å². The van der Waals surface area contributed by atoms with Crippen molar-refractivity contribution in [3.05, 3.63) is 0 Å². The highest BCUT2D eigenvalue weighted by molar-refractivity contribution is 7.47. The van der Waals surface area contributed by atoms with Gasteiger partial charge in [-0.25, -0.2) is 4.57 Å². The third-order valence-electron chi connectivity index (χ3n) is 10.1. The zero-order chi connectivity index (χ0) is 35.5. The van der Waals surface area contributed by atoms with E-state index in [1.165, 1.54) is 135 Å². The number of rotatable bonds is 35. The summed E-state index contributed by atoms with van der Waals surface area (Å²) in [5.74, 6) is 0.687. The summed E-state index contributed by atoms with van der Waals surface area (Å²) in [4.78, 5) is 9.77. The van der Waals surface area contributed by atoms with Crippen molar-refractivity contribution in [3.63, 3.8) is 0 Å². The van der Waals surface area contributed by atoms with Crippen LogP contribution in [0.15, 0.2) is 0 Å². The molecule has 0 aliphatic heterocycles. The van der Waals surface area contributed by atoms with Crippen molar-refractivity contribution >= 4 is 7.82 Å². The summed E-state index contributed by atoms with van der Waals surface area (Å²) in [5.41, 5.74) is 7.06. The number of phosphoric acid groups is 1. The first-order valence-corrected chi connectivity index (χ1v) is 22.6. The van der Waals surface area contributed by atoms with Gasteiger partial charge < -0.3 is 10.6 Å². The molecule has 0 amide bonds. The summed E-state index contributed by atoms with van der Waals surface area (Å²) < 4.78 is 22.2. The van der Waals surface area contributed by atoms with Crippen molar-refractivity contribution < 1.29 is 18.5 Å². The number of phosphoric ester groups is 1. The molecule has 5 nitrogen and oxygen atoms in total. The molecule has 3 N–H and O–H groups in total. The number of hydrogen-bond acceptors (Lipinski definition) is 4. The molecule has 0 spiro atoms. The Morgan fingerprint density at radius 3 is 1.04 bits per heavy atom. The number of nitrogens with two attached hydrogens (primary N) is 1. The van der Waals surface area contributed by atoms with Gasteiger partial charge in [0.1, 0.15) is 0 Å². The van der Waals surface area contributed by atoms with Gasteiger partial charge in [-0.05, 0) is 43.9 Å². The van der Waals surface area contributed by atoms with Crippen molar-refractivity contribution in [2.45, 2.75) is 240 Å². The summed E-state index contributed by atoms with van der Waals surface area (Å²) in [5, 5.41) is 0. The molecule has 0 aliphatic carbocycles. The molecule has 47 heavy (non-hydrogen) atoms. The minimum atomic E-state index is -3.89. The van der Waals surface area contributed by atoms with E-state index in [9.17, 15) is 9.46 Å². The molecule has 0 saturated heterocycles. The fourth-order valence-electron chi connectivity index (χ4n) is 6.38. The highest BCUT2D eigenvalue weighted by atomic mass is 31.2. The SMILES string of the molecule is CCCCC(CC)COP(=O)(O)OCC(CC)CCCC.CCCCCCCCC(N)(CCCCCCCC)CCCCCCCC. The maximum Gasteiger partial charge on any atom is 0.472 e. The molecule has 2 atom stereocenters. The lowest BCUT2D eigenvalue weighted by Crippen LogP contribution is -2.39. The van der Waals surface area contributed by atoms with Crippen molar-refractivity contribution in [2.75, 3.05) is 13.2 Å². The average molecular weight is 690 g/mol. The monoisotopic (exact) mass is 690 g/mol. The summed E-state index contributed by atoms with van der Waals surface area (Å²) in [6.07, 6.45) is 37.4. The Hall–Kier alpha value is 0.0700. The molecule has 0 aromatic heterocycles. The van der Waals surface area contributed by atoms with Crippen LogP contribution >= 0.6 is 7.82 Å². The van der Waals surface area contributed by atoms with Crippen molar-refractivity contribution in [1.82, 2.24) is 0 Å². The first-order valence-electron chi connectivity index (χ1n) is 21.1. The first kappa shape index (κ1) is 49.2. The molecule has 0 heterocycles. The van der Waals surface area contributed by atoms with Crippen LogP contribution in [0.3, 0.4) is 0 Å². The van der Waals surface area contributed by atoms with Crippen LogP contribution in [0, 0.1) is 11.8 Å². The van der Waals surface area contributed by atoms with Crippen LogP contribution < -0.4 is 5.73 Å². The Bertz CT molecular complexity index is 597. The molecular formula is C41H88NO4P. The third-order valence-corrected chi connectivity index (χ3v) is 11.1. The van der Waals surface area contributed by atoms with Crippen LogP contribution in [-0.4, -0.2) is 23.6 Å². The molecular weight excluding hydrogens is 601 g/mol. The molecule has 0 saturated carbocycles. The Morgan fingerprint density at radius 1 is 0.489 bits per heavy atom. The van der Waals surface area contributed by atoms with E-state index in [-0.39, 0.29) is 5.54 Å². The van der Waals surface area contributed by atoms with Crippen LogP contribution in [0.2, 0.25) is 0 Å². The molecule has 6 heteroatoms. The van der Waals surface area contributed by atoms with Gasteiger partial charge in [0, 0.05) is 5.54 Å². The van der Waals surface area contributed by atoms with Crippen molar-refractivity contribution in [3.8, 4) is 0 Å². The molecule has 0 fully saturated rings. The van der Waals surface area contributed by atoms with E-state index in [0.29, 0.717) is 25.0 Å². The lowest BCUT2D eigenvalue weighted by atomic mass is 9.82. The largest absolute Gasteiger partial charge is 0.472 e. The smallest absolute Gasteiger partial charge is 0.325 e. The van der Waals surface area contributed by atoms with Gasteiger partial charge in [0.2, 0.25) is 0 Å². The summed E-state index contributed by atoms with van der Waals surface area (Å²) in [7, 11) is -3.89. The molecule has 0 aromatic carbocycles. The van der Waals surface area contributed by atoms with Gasteiger partial charge in [-0.1, -0.05) is 203 Å². The Morgan fingerprint density at radius 2 is 0.766 bits per heavy atom. The quantitative estimate of drug-likeness (QED) is 0.0511. The molecule has 0 rings (SSSR count). The zero-order valence-corrected chi connectivity index (χ0v) is 34.2. The molecule has 2 unspecified atom stereocenters. The fourth-order valence-corrected chi connectivity index (χ4v) is 7.25. The van der Waals surface area contributed by atoms with Gasteiger partial charge in [0.15, 0.2) is 0 Å². The van der Waals surface area contributed by atoms with Gasteiger partial charge in [0.05, 0.1) is 13.2 Å². The topological polar surface area (TPSA) is 81.8 Å². The predicted octanol–water partition coefficient (Wildman–Crippen LogP) is 14.5. The lowest BCUT2D eigenvalue weighted by Gasteiger charge is -2.30. The molecule has 0 aromatic rings. The minimum absolute atomic E-state index is 0.139. The molecule has 0 bridgehead atoms. The van der Waals surface area contributed by atoms with E-state index < -0.39 is 7.82 Å². The lowest BCUT2D eigenvalue weighted by molar-refractivity contribution is 0.110. The zero-order valence-electron chi connectivity index (χ0n) is 33.3. The minimum Gasteiger partial charge on any atom is -0.325 e. The van der Waals surface area contributed by atoms with Crippen LogP contribution in [0.5, 0.6) is 0 Å².